The minimum atomic E-state index is -0.279. The first-order valence-electron chi connectivity index (χ1n) is 5.23. The van der Waals surface area contributed by atoms with E-state index in [2.05, 4.69) is 15.5 Å². The van der Waals surface area contributed by atoms with Gasteiger partial charge >= 0.3 is 5.69 Å². The quantitative estimate of drug-likeness (QED) is 0.590. The Balaban J connectivity index is 2.58. The Hall–Kier alpha value is -1.28. The number of nitrogens with one attached hydrogen (secondary N) is 2. The van der Waals surface area contributed by atoms with E-state index in [0.29, 0.717) is 5.16 Å². The molecule has 0 spiro atoms. The summed E-state index contributed by atoms with van der Waals surface area (Å²) in [6.45, 7) is 3.88. The molecule has 0 aliphatic carbocycles. The maximum Gasteiger partial charge on any atom is 0.344 e. The number of nitrogens with zero attached hydrogens (tertiary/aromatic N) is 2. The summed E-state index contributed by atoms with van der Waals surface area (Å²) >= 11 is 1.18. The van der Waals surface area contributed by atoms with Gasteiger partial charge in [-0.05, 0) is 13.8 Å². The molecule has 1 amide bonds. The minimum absolute atomic E-state index is 0.00995. The van der Waals surface area contributed by atoms with Crippen molar-refractivity contribution in [2.24, 2.45) is 0 Å². The van der Waals surface area contributed by atoms with Crippen LogP contribution in [0, 0.1) is 0 Å². The number of amides is 1. The molecule has 0 aliphatic rings. The highest BCUT2D eigenvalue weighted by atomic mass is 32.2. The van der Waals surface area contributed by atoms with Crippen molar-refractivity contribution < 1.29 is 9.90 Å². The smallest absolute Gasteiger partial charge is 0.344 e. The van der Waals surface area contributed by atoms with Crippen LogP contribution in [0.4, 0.5) is 0 Å². The summed E-state index contributed by atoms with van der Waals surface area (Å²) in [5.41, 5.74) is -0.279. The van der Waals surface area contributed by atoms with Crippen molar-refractivity contribution in [3.05, 3.63) is 10.5 Å². The first-order chi connectivity index (χ1) is 8.06. The van der Waals surface area contributed by atoms with Gasteiger partial charge in [-0.15, -0.1) is 5.10 Å². The van der Waals surface area contributed by atoms with Crippen molar-refractivity contribution >= 4 is 17.7 Å². The molecule has 0 fully saturated rings. The van der Waals surface area contributed by atoms with Crippen LogP contribution in [0.5, 0.6) is 0 Å². The van der Waals surface area contributed by atoms with Crippen LogP contribution in [0.3, 0.4) is 0 Å². The fourth-order valence-electron chi connectivity index (χ4n) is 1.22. The zero-order valence-corrected chi connectivity index (χ0v) is 10.6. The Morgan fingerprint density at radius 1 is 1.65 bits per heavy atom. The van der Waals surface area contributed by atoms with Gasteiger partial charge in [0.15, 0.2) is 5.16 Å². The summed E-state index contributed by atoms with van der Waals surface area (Å²) in [6, 6.07) is -0.00995. The number of carbonyl (C=O) groups is 1. The lowest BCUT2D eigenvalue weighted by Gasteiger charge is -2.08. The Morgan fingerprint density at radius 3 is 2.94 bits per heavy atom. The predicted octanol–water partition coefficient (Wildman–Crippen LogP) is -0.647. The van der Waals surface area contributed by atoms with E-state index >= 15 is 0 Å². The minimum Gasteiger partial charge on any atom is -0.395 e. The van der Waals surface area contributed by atoms with Crippen LogP contribution in [0.1, 0.15) is 19.9 Å². The molecule has 17 heavy (non-hydrogen) atoms. The van der Waals surface area contributed by atoms with Crippen LogP contribution in [-0.4, -0.2) is 44.7 Å². The summed E-state index contributed by atoms with van der Waals surface area (Å²) in [7, 11) is 0. The van der Waals surface area contributed by atoms with Gasteiger partial charge in [-0.1, -0.05) is 11.8 Å². The highest BCUT2D eigenvalue weighted by molar-refractivity contribution is 7.99. The monoisotopic (exact) mass is 260 g/mol. The summed E-state index contributed by atoms with van der Waals surface area (Å²) in [6.07, 6.45) is 0. The van der Waals surface area contributed by atoms with E-state index in [-0.39, 0.29) is 36.5 Å². The third-order valence-electron chi connectivity index (χ3n) is 1.95. The average molecular weight is 260 g/mol. The van der Waals surface area contributed by atoms with Gasteiger partial charge in [-0.3, -0.25) is 9.36 Å². The number of aliphatic hydroxyl groups is 1. The number of aromatic nitrogens is 3. The van der Waals surface area contributed by atoms with Crippen LogP contribution in [0.15, 0.2) is 9.95 Å². The van der Waals surface area contributed by atoms with Crippen LogP contribution in [0.2, 0.25) is 0 Å². The number of thioether (sulfide) groups is 1. The van der Waals surface area contributed by atoms with Crippen molar-refractivity contribution in [2.75, 3.05) is 18.9 Å². The maximum absolute atomic E-state index is 11.4. The van der Waals surface area contributed by atoms with Crippen LogP contribution in [0.25, 0.3) is 0 Å². The molecule has 96 valence electrons. The van der Waals surface area contributed by atoms with E-state index in [1.807, 2.05) is 13.8 Å². The average Bonchev–Trinajstić information content (AvgIpc) is 2.65. The van der Waals surface area contributed by atoms with Gasteiger partial charge in [0.2, 0.25) is 5.91 Å². The second kappa shape index (κ2) is 6.45. The second-order valence-electron chi connectivity index (χ2n) is 3.64. The maximum atomic E-state index is 11.4. The van der Waals surface area contributed by atoms with Crippen molar-refractivity contribution in [1.29, 1.82) is 0 Å². The van der Waals surface area contributed by atoms with E-state index in [1.165, 1.54) is 16.3 Å². The van der Waals surface area contributed by atoms with Crippen LogP contribution < -0.4 is 11.0 Å². The molecule has 0 saturated heterocycles. The summed E-state index contributed by atoms with van der Waals surface area (Å²) in [5, 5.41) is 17.7. The Kier molecular flexibility index (Phi) is 5.23. The van der Waals surface area contributed by atoms with Crippen molar-refractivity contribution in [2.45, 2.75) is 25.0 Å². The molecule has 0 unspecified atom stereocenters. The molecule has 1 aromatic rings. The predicted molar refractivity (Wildman–Crippen MR) is 64.1 cm³/mol. The van der Waals surface area contributed by atoms with E-state index in [0.717, 1.165) is 0 Å². The number of hydrogen-bond acceptors (Lipinski definition) is 5. The molecule has 0 aromatic carbocycles. The topological polar surface area (TPSA) is 100 Å². The third kappa shape index (κ3) is 3.90. The largest absolute Gasteiger partial charge is 0.395 e. The molecule has 0 saturated carbocycles. The van der Waals surface area contributed by atoms with Gasteiger partial charge in [0.1, 0.15) is 0 Å². The summed E-state index contributed by atoms with van der Waals surface area (Å²) in [4.78, 5) is 22.7. The third-order valence-corrected chi connectivity index (χ3v) is 2.91. The summed E-state index contributed by atoms with van der Waals surface area (Å²) in [5.74, 6) is -0.0356. The fourth-order valence-corrected chi connectivity index (χ4v) is 2.13. The molecule has 0 aliphatic heterocycles. The van der Waals surface area contributed by atoms with Gasteiger partial charge in [0.25, 0.3) is 0 Å². The molecule has 8 heteroatoms. The lowest BCUT2D eigenvalue weighted by atomic mass is 10.4. The lowest BCUT2D eigenvalue weighted by molar-refractivity contribution is -0.118. The zero-order chi connectivity index (χ0) is 12.8. The highest BCUT2D eigenvalue weighted by Gasteiger charge is 2.13. The molecule has 0 atom stereocenters. The van der Waals surface area contributed by atoms with Crippen LogP contribution >= 0.6 is 11.8 Å². The van der Waals surface area contributed by atoms with Gasteiger partial charge in [-0.25, -0.2) is 9.89 Å². The van der Waals surface area contributed by atoms with Crippen LogP contribution in [-0.2, 0) is 4.79 Å². The molecular weight excluding hydrogens is 244 g/mol. The second-order valence-corrected chi connectivity index (χ2v) is 4.58. The van der Waals surface area contributed by atoms with E-state index in [9.17, 15) is 9.59 Å². The Labute approximate surface area is 103 Å². The van der Waals surface area contributed by atoms with Gasteiger partial charge in [0.05, 0.1) is 12.4 Å². The fraction of sp³-hybridized carbons (Fsp3) is 0.667. The van der Waals surface area contributed by atoms with E-state index in [1.54, 1.807) is 0 Å². The zero-order valence-electron chi connectivity index (χ0n) is 9.77. The highest BCUT2D eigenvalue weighted by Crippen LogP contribution is 2.16. The Bertz CT molecular complexity index is 426. The molecule has 3 N–H and O–H groups in total. The van der Waals surface area contributed by atoms with Gasteiger partial charge in [0, 0.05) is 12.6 Å². The van der Waals surface area contributed by atoms with Crippen molar-refractivity contribution in [3.63, 3.8) is 0 Å². The lowest BCUT2D eigenvalue weighted by Crippen LogP contribution is -2.28. The van der Waals surface area contributed by atoms with Crippen molar-refractivity contribution in [3.8, 4) is 0 Å². The van der Waals surface area contributed by atoms with Gasteiger partial charge in [-0.2, -0.15) is 0 Å². The number of aliphatic hydroxyl groups excluding tert-OH is 1. The number of hydrogen-bond donors (Lipinski definition) is 3. The molecule has 7 nitrogen and oxygen atoms in total. The normalized spacial score (nSPS) is 10.8. The van der Waals surface area contributed by atoms with E-state index < -0.39 is 0 Å². The van der Waals surface area contributed by atoms with Crippen molar-refractivity contribution in [1.82, 2.24) is 20.1 Å². The number of rotatable bonds is 6. The molecule has 1 heterocycles. The number of carbonyl (C=O) groups excluding carboxylic acids is 1. The van der Waals surface area contributed by atoms with Gasteiger partial charge < -0.3 is 10.4 Å². The summed E-state index contributed by atoms with van der Waals surface area (Å²) < 4.78 is 1.49. The SMILES string of the molecule is CC(C)n1c(SCC(=O)NCCO)n[nH]c1=O. The first-order valence-corrected chi connectivity index (χ1v) is 6.22. The molecule has 1 aromatic heterocycles. The Morgan fingerprint density at radius 2 is 2.35 bits per heavy atom. The molecule has 0 radical (unpaired) electrons. The molecule has 1 rings (SSSR count). The first kappa shape index (κ1) is 13.8. The standard InChI is InChI=1S/C9H16N4O3S/c1-6(2)13-8(16)11-12-9(13)17-5-7(15)10-3-4-14/h6,14H,3-5H2,1-2H3,(H,10,15)(H,11,16). The van der Waals surface area contributed by atoms with E-state index in [4.69, 9.17) is 5.11 Å². The molecular formula is C9H16N4O3S. The number of aromatic amines is 1. The number of H-pyrrole nitrogens is 1. The molecule has 0 bridgehead atoms.